The topological polar surface area (TPSA) is 73.1 Å². The molecule has 2 aromatic rings. The highest BCUT2D eigenvalue weighted by molar-refractivity contribution is 6.17. The molecule has 24 heavy (non-hydrogen) atoms. The van der Waals surface area contributed by atoms with Crippen molar-refractivity contribution in [3.63, 3.8) is 0 Å². The van der Waals surface area contributed by atoms with Crippen LogP contribution < -0.4 is 15.8 Å². The first kappa shape index (κ1) is 18.3. The summed E-state index contributed by atoms with van der Waals surface area (Å²) in [5.74, 6) is 2.39. The summed E-state index contributed by atoms with van der Waals surface area (Å²) >= 11 is 5.97. The number of halogens is 1. The highest BCUT2D eigenvalue weighted by atomic mass is 35.5. The molecule has 0 amide bonds. The minimum Gasteiger partial charge on any atom is -0.496 e. The van der Waals surface area contributed by atoms with Crippen LogP contribution in [0.25, 0.3) is 0 Å². The van der Waals surface area contributed by atoms with Crippen molar-refractivity contribution in [2.24, 2.45) is 0 Å². The molecule has 1 heterocycles. The Balaban J connectivity index is 2.37. The van der Waals surface area contributed by atoms with Crippen molar-refractivity contribution in [3.05, 3.63) is 40.6 Å². The third kappa shape index (κ3) is 4.51. The Labute approximate surface area is 148 Å². The Bertz CT molecular complexity index is 691. The number of unbranched alkanes of at least 4 members (excludes halogenated alkanes) is 1. The van der Waals surface area contributed by atoms with Gasteiger partial charge < -0.3 is 15.8 Å². The lowest BCUT2D eigenvalue weighted by Gasteiger charge is -2.16. The molecule has 0 unspecified atom stereocenters. The summed E-state index contributed by atoms with van der Waals surface area (Å²) in [6.45, 7) is 4.97. The largest absolute Gasteiger partial charge is 0.496 e. The third-order valence-electron chi connectivity index (χ3n) is 3.92. The molecule has 5 nitrogen and oxygen atoms in total. The van der Waals surface area contributed by atoms with Crippen LogP contribution in [0.4, 0.5) is 11.8 Å². The van der Waals surface area contributed by atoms with E-state index in [2.05, 4.69) is 28.3 Å². The summed E-state index contributed by atoms with van der Waals surface area (Å²) < 4.78 is 5.49. The van der Waals surface area contributed by atoms with Crippen molar-refractivity contribution < 1.29 is 4.74 Å². The minimum absolute atomic E-state index is 0.289. The van der Waals surface area contributed by atoms with Gasteiger partial charge in [0.15, 0.2) is 0 Å². The predicted molar refractivity (Wildman–Crippen MR) is 99.9 cm³/mol. The van der Waals surface area contributed by atoms with Crippen molar-refractivity contribution in [2.75, 3.05) is 24.7 Å². The molecule has 0 bridgehead atoms. The number of nitrogens with zero attached hydrogens (tertiary/aromatic N) is 2. The molecule has 3 N–H and O–H groups in total. The summed E-state index contributed by atoms with van der Waals surface area (Å²) in [4.78, 5) is 8.71. The van der Waals surface area contributed by atoms with E-state index in [9.17, 15) is 0 Å². The Morgan fingerprint density at radius 1 is 1.29 bits per heavy atom. The van der Waals surface area contributed by atoms with Crippen LogP contribution in [0.15, 0.2) is 18.2 Å². The SMILES string of the molecule is CCCCNc1nc(N)nc(C)c1Cc1cc(CCl)ccc1OC. The van der Waals surface area contributed by atoms with E-state index in [1.807, 2.05) is 19.1 Å². The number of methoxy groups -OCH3 is 1. The van der Waals surface area contributed by atoms with Crippen molar-refractivity contribution in [3.8, 4) is 5.75 Å². The van der Waals surface area contributed by atoms with E-state index >= 15 is 0 Å². The number of nitrogens with two attached hydrogens (primary N) is 1. The summed E-state index contributed by atoms with van der Waals surface area (Å²) in [7, 11) is 1.67. The van der Waals surface area contributed by atoms with E-state index in [0.29, 0.717) is 12.3 Å². The van der Waals surface area contributed by atoms with Gasteiger partial charge in [-0.2, -0.15) is 4.98 Å². The Morgan fingerprint density at radius 3 is 2.75 bits per heavy atom. The van der Waals surface area contributed by atoms with Gasteiger partial charge in [0.25, 0.3) is 0 Å². The molecule has 0 radical (unpaired) electrons. The van der Waals surface area contributed by atoms with Crippen LogP contribution in [0.1, 0.15) is 42.1 Å². The van der Waals surface area contributed by atoms with Crippen LogP contribution in [0.3, 0.4) is 0 Å². The summed E-state index contributed by atoms with van der Waals surface area (Å²) in [6.07, 6.45) is 2.86. The van der Waals surface area contributed by atoms with E-state index in [0.717, 1.165) is 53.3 Å². The maximum atomic E-state index is 5.97. The molecule has 0 aliphatic heterocycles. The first-order valence-corrected chi connectivity index (χ1v) is 8.71. The zero-order chi connectivity index (χ0) is 17.5. The lowest BCUT2D eigenvalue weighted by atomic mass is 10.0. The lowest BCUT2D eigenvalue weighted by molar-refractivity contribution is 0.410. The van der Waals surface area contributed by atoms with E-state index in [1.165, 1.54) is 0 Å². The molecular weight excluding hydrogens is 324 g/mol. The number of anilines is 2. The highest BCUT2D eigenvalue weighted by Crippen LogP contribution is 2.28. The monoisotopic (exact) mass is 348 g/mol. The highest BCUT2D eigenvalue weighted by Gasteiger charge is 2.14. The van der Waals surface area contributed by atoms with Crippen LogP contribution in [-0.2, 0) is 12.3 Å². The zero-order valence-electron chi connectivity index (χ0n) is 14.5. The molecule has 0 atom stereocenters. The summed E-state index contributed by atoms with van der Waals surface area (Å²) in [5, 5.41) is 3.38. The van der Waals surface area contributed by atoms with Gasteiger partial charge in [0.1, 0.15) is 11.6 Å². The molecule has 0 spiro atoms. The number of nitrogens with one attached hydrogen (secondary N) is 1. The van der Waals surface area contributed by atoms with Gasteiger partial charge >= 0.3 is 0 Å². The molecule has 1 aromatic heterocycles. The summed E-state index contributed by atoms with van der Waals surface area (Å²) in [5.41, 5.74) is 9.85. The average molecular weight is 349 g/mol. The molecule has 0 aliphatic carbocycles. The van der Waals surface area contributed by atoms with Gasteiger partial charge in [-0.1, -0.05) is 25.5 Å². The van der Waals surface area contributed by atoms with Crippen molar-refractivity contribution in [1.29, 1.82) is 0 Å². The number of benzene rings is 1. The lowest BCUT2D eigenvalue weighted by Crippen LogP contribution is -2.11. The molecule has 0 saturated carbocycles. The van der Waals surface area contributed by atoms with Gasteiger partial charge in [-0.05, 0) is 30.5 Å². The number of hydrogen-bond donors (Lipinski definition) is 2. The zero-order valence-corrected chi connectivity index (χ0v) is 15.3. The minimum atomic E-state index is 0.289. The Kier molecular flexibility index (Phi) is 6.67. The van der Waals surface area contributed by atoms with Gasteiger partial charge in [-0.3, -0.25) is 0 Å². The van der Waals surface area contributed by atoms with E-state index in [4.69, 9.17) is 22.1 Å². The first-order valence-electron chi connectivity index (χ1n) is 8.17. The smallest absolute Gasteiger partial charge is 0.222 e. The van der Waals surface area contributed by atoms with Crippen LogP contribution in [0.2, 0.25) is 0 Å². The maximum absolute atomic E-state index is 5.97. The Morgan fingerprint density at radius 2 is 2.08 bits per heavy atom. The number of rotatable bonds is 8. The average Bonchev–Trinajstić information content (AvgIpc) is 2.57. The maximum Gasteiger partial charge on any atom is 0.222 e. The molecule has 0 saturated heterocycles. The van der Waals surface area contributed by atoms with Crippen molar-refractivity contribution in [1.82, 2.24) is 9.97 Å². The van der Waals surface area contributed by atoms with Crippen molar-refractivity contribution in [2.45, 2.75) is 39.0 Å². The second-order valence-corrected chi connectivity index (χ2v) is 6.00. The van der Waals surface area contributed by atoms with Gasteiger partial charge in [0, 0.05) is 30.1 Å². The van der Waals surface area contributed by atoms with Crippen LogP contribution in [0.5, 0.6) is 5.75 Å². The second kappa shape index (κ2) is 8.73. The van der Waals surface area contributed by atoms with Crippen LogP contribution in [-0.4, -0.2) is 23.6 Å². The molecule has 6 heteroatoms. The quantitative estimate of drug-likeness (QED) is 0.558. The Hall–Kier alpha value is -2.01. The van der Waals surface area contributed by atoms with E-state index in [-0.39, 0.29) is 5.95 Å². The fraction of sp³-hybridized carbons (Fsp3) is 0.444. The van der Waals surface area contributed by atoms with Gasteiger partial charge in [-0.25, -0.2) is 4.98 Å². The van der Waals surface area contributed by atoms with E-state index in [1.54, 1.807) is 7.11 Å². The third-order valence-corrected chi connectivity index (χ3v) is 4.23. The molecule has 2 rings (SSSR count). The number of aryl methyl sites for hydroxylation is 1. The second-order valence-electron chi connectivity index (χ2n) is 5.73. The first-order chi connectivity index (χ1) is 11.6. The number of ether oxygens (including phenoxy) is 1. The van der Waals surface area contributed by atoms with Gasteiger partial charge in [0.2, 0.25) is 5.95 Å². The van der Waals surface area contributed by atoms with Crippen LogP contribution in [0, 0.1) is 6.92 Å². The number of alkyl halides is 1. The fourth-order valence-electron chi connectivity index (χ4n) is 2.60. The fourth-order valence-corrected chi connectivity index (χ4v) is 2.77. The molecular formula is C18H25ClN4O. The summed E-state index contributed by atoms with van der Waals surface area (Å²) in [6, 6.07) is 5.99. The van der Waals surface area contributed by atoms with Crippen molar-refractivity contribution >= 4 is 23.4 Å². The number of hydrogen-bond acceptors (Lipinski definition) is 5. The molecule has 0 aliphatic rings. The normalized spacial score (nSPS) is 10.7. The molecule has 0 fully saturated rings. The molecule has 130 valence electrons. The van der Waals surface area contributed by atoms with E-state index < -0.39 is 0 Å². The molecule has 1 aromatic carbocycles. The number of nitrogen functional groups attached to an aromatic ring is 1. The van der Waals surface area contributed by atoms with Gasteiger partial charge in [0.05, 0.1) is 7.11 Å². The van der Waals surface area contributed by atoms with Gasteiger partial charge in [-0.15, -0.1) is 11.6 Å². The van der Waals surface area contributed by atoms with Crippen LogP contribution >= 0.6 is 11.6 Å². The number of aromatic nitrogens is 2. The standard InChI is InChI=1S/C18H25ClN4O/c1-4-5-8-21-17-15(12(2)22-18(20)23-17)10-14-9-13(11-19)6-7-16(14)24-3/h6-7,9H,4-5,8,10-11H2,1-3H3,(H3,20,21,22,23). The predicted octanol–water partition coefficient (Wildman–Crippen LogP) is 3.92.